The first-order valence-corrected chi connectivity index (χ1v) is 3.15. The van der Waals surface area contributed by atoms with E-state index in [9.17, 15) is 14.7 Å². The van der Waals surface area contributed by atoms with E-state index in [1.165, 1.54) is 6.08 Å². The lowest BCUT2D eigenvalue weighted by molar-refractivity contribution is -0.303. The zero-order chi connectivity index (χ0) is 8.85. The molecule has 11 heavy (non-hydrogen) atoms. The molecule has 0 saturated carbocycles. The van der Waals surface area contributed by atoms with Crippen molar-refractivity contribution < 1.29 is 14.7 Å². The first-order valence-electron chi connectivity index (χ1n) is 3.15. The lowest BCUT2D eigenvalue weighted by Crippen LogP contribution is -2.37. The fraction of sp³-hybridized carbons (Fsp3) is 0.429. The Hall–Kier alpha value is -1.32. The van der Waals surface area contributed by atoms with Crippen LogP contribution in [0.15, 0.2) is 11.6 Å². The highest BCUT2D eigenvalue weighted by molar-refractivity contribution is 5.90. The third kappa shape index (κ3) is 6.57. The van der Waals surface area contributed by atoms with Crippen molar-refractivity contribution in [2.75, 3.05) is 6.54 Å². The Balaban J connectivity index is 3.71. The summed E-state index contributed by atoms with van der Waals surface area (Å²) in [5, 5.41) is 12.0. The van der Waals surface area contributed by atoms with Gasteiger partial charge in [0.05, 0.1) is 12.5 Å². The first-order chi connectivity index (χ1) is 5.02. The maximum atomic E-state index is 10.7. The molecule has 0 aromatic rings. The van der Waals surface area contributed by atoms with Crippen LogP contribution in [-0.2, 0) is 9.59 Å². The minimum absolute atomic E-state index is 0.408. The maximum Gasteiger partial charge on any atom is 0.244 e. The minimum atomic E-state index is -1.29. The van der Waals surface area contributed by atoms with E-state index in [1.54, 1.807) is 13.8 Å². The Bertz CT molecular complexity index is 192. The van der Waals surface area contributed by atoms with Gasteiger partial charge in [-0.25, -0.2) is 0 Å². The molecule has 0 saturated heterocycles. The number of rotatable bonds is 3. The van der Waals surface area contributed by atoms with Gasteiger partial charge in [0, 0.05) is 6.08 Å². The first kappa shape index (κ1) is 9.68. The summed E-state index contributed by atoms with van der Waals surface area (Å²) in [4.78, 5) is 20.5. The molecular formula is C7H10NO3-. The standard InChI is InChI=1S/C7H11NO3/c1-5(2)3-6(9)8-4-7(10)11/h3H,4H2,1-2H3,(H,8,9)(H,10,11)/p-1. The van der Waals surface area contributed by atoms with Crippen LogP contribution in [0.5, 0.6) is 0 Å². The quantitative estimate of drug-likeness (QED) is 0.523. The number of carboxylic acid groups (broad SMARTS) is 1. The molecule has 0 aliphatic heterocycles. The smallest absolute Gasteiger partial charge is 0.244 e. The van der Waals surface area contributed by atoms with Crippen LogP contribution >= 0.6 is 0 Å². The van der Waals surface area contributed by atoms with Gasteiger partial charge in [0.1, 0.15) is 0 Å². The van der Waals surface area contributed by atoms with Gasteiger partial charge in [-0.3, -0.25) is 4.79 Å². The highest BCUT2D eigenvalue weighted by Crippen LogP contribution is 1.86. The van der Waals surface area contributed by atoms with Crippen molar-refractivity contribution in [1.82, 2.24) is 5.32 Å². The number of nitrogens with one attached hydrogen (secondary N) is 1. The average Bonchev–Trinajstić information content (AvgIpc) is 1.82. The monoisotopic (exact) mass is 156 g/mol. The number of aliphatic carboxylic acids is 1. The van der Waals surface area contributed by atoms with E-state index in [0.717, 1.165) is 5.57 Å². The van der Waals surface area contributed by atoms with Crippen LogP contribution in [0, 0.1) is 0 Å². The van der Waals surface area contributed by atoms with Crippen LogP contribution in [0.4, 0.5) is 0 Å². The molecule has 0 aromatic carbocycles. The summed E-state index contributed by atoms with van der Waals surface area (Å²) < 4.78 is 0. The number of amides is 1. The molecular weight excluding hydrogens is 146 g/mol. The van der Waals surface area contributed by atoms with Gasteiger partial charge < -0.3 is 15.2 Å². The topological polar surface area (TPSA) is 69.2 Å². The number of carboxylic acids is 1. The summed E-state index contributed by atoms with van der Waals surface area (Å²) in [6.45, 7) is 3.06. The highest BCUT2D eigenvalue weighted by atomic mass is 16.4. The van der Waals surface area contributed by atoms with Gasteiger partial charge in [-0.15, -0.1) is 0 Å². The van der Waals surface area contributed by atoms with Crippen LogP contribution < -0.4 is 10.4 Å². The van der Waals surface area contributed by atoms with Crippen molar-refractivity contribution in [3.63, 3.8) is 0 Å². The Morgan fingerprint density at radius 1 is 1.45 bits per heavy atom. The third-order valence-electron chi connectivity index (χ3n) is 0.827. The molecule has 0 rings (SSSR count). The van der Waals surface area contributed by atoms with Gasteiger partial charge in [-0.05, 0) is 13.8 Å². The summed E-state index contributed by atoms with van der Waals surface area (Å²) in [5.41, 5.74) is 0.820. The van der Waals surface area contributed by atoms with E-state index in [-0.39, 0.29) is 0 Å². The summed E-state index contributed by atoms with van der Waals surface area (Å²) >= 11 is 0. The number of hydrogen-bond donors (Lipinski definition) is 1. The number of carbonyl (C=O) groups is 2. The average molecular weight is 156 g/mol. The van der Waals surface area contributed by atoms with Crippen LogP contribution in [0.1, 0.15) is 13.8 Å². The summed E-state index contributed by atoms with van der Waals surface area (Å²) in [6.07, 6.45) is 1.32. The normalized spacial score (nSPS) is 8.55. The lowest BCUT2D eigenvalue weighted by atomic mass is 10.3. The van der Waals surface area contributed by atoms with Gasteiger partial charge in [0.25, 0.3) is 0 Å². The highest BCUT2D eigenvalue weighted by Gasteiger charge is 1.93. The maximum absolute atomic E-state index is 10.7. The van der Waals surface area contributed by atoms with E-state index >= 15 is 0 Å². The molecule has 0 radical (unpaired) electrons. The van der Waals surface area contributed by atoms with Crippen molar-refractivity contribution in [3.05, 3.63) is 11.6 Å². The minimum Gasteiger partial charge on any atom is -0.548 e. The van der Waals surface area contributed by atoms with Crippen molar-refractivity contribution in [2.45, 2.75) is 13.8 Å². The molecule has 4 heteroatoms. The van der Waals surface area contributed by atoms with E-state index in [0.29, 0.717) is 0 Å². The van der Waals surface area contributed by atoms with Gasteiger partial charge >= 0.3 is 0 Å². The molecule has 0 spiro atoms. The second kappa shape index (κ2) is 4.49. The Morgan fingerprint density at radius 2 is 2.00 bits per heavy atom. The van der Waals surface area contributed by atoms with E-state index in [1.807, 2.05) is 0 Å². The molecule has 62 valence electrons. The van der Waals surface area contributed by atoms with Crippen molar-refractivity contribution in [2.24, 2.45) is 0 Å². The molecule has 4 nitrogen and oxygen atoms in total. The SMILES string of the molecule is CC(C)=CC(=O)NCC(=O)[O-]. The zero-order valence-electron chi connectivity index (χ0n) is 6.51. The van der Waals surface area contributed by atoms with Crippen molar-refractivity contribution >= 4 is 11.9 Å². The summed E-state index contributed by atoms with van der Waals surface area (Å²) in [6, 6.07) is 0. The van der Waals surface area contributed by atoms with E-state index in [4.69, 9.17) is 0 Å². The molecule has 1 N–H and O–H groups in total. The summed E-state index contributed by atoms with van der Waals surface area (Å²) in [7, 11) is 0. The predicted octanol–water partition coefficient (Wildman–Crippen LogP) is -1.18. The molecule has 1 amide bonds. The van der Waals surface area contributed by atoms with Gasteiger partial charge in [0.2, 0.25) is 5.91 Å². The van der Waals surface area contributed by atoms with Crippen molar-refractivity contribution in [3.8, 4) is 0 Å². The molecule has 0 unspecified atom stereocenters. The lowest BCUT2D eigenvalue weighted by Gasteiger charge is -2.01. The van der Waals surface area contributed by atoms with Crippen LogP contribution in [0.2, 0.25) is 0 Å². The van der Waals surface area contributed by atoms with Crippen LogP contribution in [-0.4, -0.2) is 18.4 Å². The number of allylic oxidation sites excluding steroid dienone is 1. The van der Waals surface area contributed by atoms with Crippen LogP contribution in [0.3, 0.4) is 0 Å². The van der Waals surface area contributed by atoms with E-state index in [2.05, 4.69) is 5.32 Å². The second-order valence-electron chi connectivity index (χ2n) is 2.31. The number of hydrogen-bond acceptors (Lipinski definition) is 3. The predicted molar refractivity (Wildman–Crippen MR) is 37.4 cm³/mol. The number of carbonyl (C=O) groups excluding carboxylic acids is 2. The molecule has 0 bridgehead atoms. The molecule has 0 aliphatic carbocycles. The van der Waals surface area contributed by atoms with Crippen molar-refractivity contribution in [1.29, 1.82) is 0 Å². The third-order valence-corrected chi connectivity index (χ3v) is 0.827. The molecule has 0 fully saturated rings. The Labute approximate surface area is 64.9 Å². The molecule has 0 aromatic heterocycles. The molecule has 0 aliphatic rings. The second-order valence-corrected chi connectivity index (χ2v) is 2.31. The van der Waals surface area contributed by atoms with Gasteiger partial charge in [-0.1, -0.05) is 5.57 Å². The van der Waals surface area contributed by atoms with Gasteiger partial charge in [0.15, 0.2) is 0 Å². The molecule has 0 heterocycles. The van der Waals surface area contributed by atoms with Gasteiger partial charge in [-0.2, -0.15) is 0 Å². The largest absolute Gasteiger partial charge is 0.548 e. The summed E-state index contributed by atoms with van der Waals surface area (Å²) in [5.74, 6) is -1.70. The Kier molecular flexibility index (Phi) is 3.95. The fourth-order valence-electron chi connectivity index (χ4n) is 0.473. The van der Waals surface area contributed by atoms with Crippen LogP contribution in [0.25, 0.3) is 0 Å². The molecule has 0 atom stereocenters. The Morgan fingerprint density at radius 3 is 2.36 bits per heavy atom. The van der Waals surface area contributed by atoms with E-state index < -0.39 is 18.4 Å². The fourth-order valence-corrected chi connectivity index (χ4v) is 0.473. The zero-order valence-corrected chi connectivity index (χ0v) is 6.51.